The maximum Gasteiger partial charge on any atom is 0.330 e. The van der Waals surface area contributed by atoms with Gasteiger partial charge in [0, 0.05) is 6.54 Å². The number of esters is 1. The van der Waals surface area contributed by atoms with Crippen molar-refractivity contribution in [1.29, 1.82) is 0 Å². The summed E-state index contributed by atoms with van der Waals surface area (Å²) >= 11 is 0. The molecule has 0 saturated heterocycles. The lowest BCUT2D eigenvalue weighted by atomic mass is 9.87. The standard InChI is InChI=1S/C14H18FNO2/c1-4-10-16-14(5-2,13(17)18-3)11-6-8-12(15)9-7-11/h4,6-9,16H,1,5,10H2,2-3H3. The van der Waals surface area contributed by atoms with E-state index in [4.69, 9.17) is 4.74 Å². The van der Waals surface area contributed by atoms with Crippen LogP contribution in [0.4, 0.5) is 4.39 Å². The second-order valence-electron chi connectivity index (χ2n) is 3.93. The highest BCUT2D eigenvalue weighted by molar-refractivity contribution is 5.82. The van der Waals surface area contributed by atoms with Crippen molar-refractivity contribution in [3.8, 4) is 0 Å². The maximum atomic E-state index is 13.0. The molecule has 0 fully saturated rings. The van der Waals surface area contributed by atoms with Gasteiger partial charge in [-0.15, -0.1) is 6.58 Å². The minimum absolute atomic E-state index is 0.336. The summed E-state index contributed by atoms with van der Waals surface area (Å²) in [5, 5.41) is 3.10. The molecule has 0 amide bonds. The molecule has 3 nitrogen and oxygen atoms in total. The van der Waals surface area contributed by atoms with Crippen molar-refractivity contribution in [1.82, 2.24) is 5.32 Å². The number of nitrogens with one attached hydrogen (secondary N) is 1. The molecule has 0 spiro atoms. The van der Waals surface area contributed by atoms with Crippen LogP contribution in [-0.2, 0) is 15.1 Å². The van der Waals surface area contributed by atoms with E-state index < -0.39 is 11.5 Å². The lowest BCUT2D eigenvalue weighted by Crippen LogP contribution is -2.49. The molecule has 0 saturated carbocycles. The lowest BCUT2D eigenvalue weighted by Gasteiger charge is -2.31. The number of benzene rings is 1. The third kappa shape index (κ3) is 2.76. The van der Waals surface area contributed by atoms with Crippen molar-refractivity contribution in [2.45, 2.75) is 18.9 Å². The van der Waals surface area contributed by atoms with Gasteiger partial charge >= 0.3 is 5.97 Å². The van der Waals surface area contributed by atoms with E-state index in [0.29, 0.717) is 18.5 Å². The number of carbonyl (C=O) groups excluding carboxylic acids is 1. The Labute approximate surface area is 107 Å². The summed E-state index contributed by atoms with van der Waals surface area (Å²) in [6, 6.07) is 5.84. The van der Waals surface area contributed by atoms with Crippen molar-refractivity contribution in [2.75, 3.05) is 13.7 Å². The number of hydrogen-bond donors (Lipinski definition) is 1. The molecule has 98 valence electrons. The maximum absolute atomic E-state index is 13.0. The van der Waals surface area contributed by atoms with Gasteiger partial charge in [-0.05, 0) is 24.1 Å². The molecule has 0 aliphatic carbocycles. The van der Waals surface area contributed by atoms with Crippen molar-refractivity contribution in [3.05, 3.63) is 48.3 Å². The van der Waals surface area contributed by atoms with E-state index in [-0.39, 0.29) is 5.82 Å². The molecule has 1 N–H and O–H groups in total. The smallest absolute Gasteiger partial charge is 0.330 e. The highest BCUT2D eigenvalue weighted by Gasteiger charge is 2.38. The van der Waals surface area contributed by atoms with Gasteiger partial charge in [0.15, 0.2) is 0 Å². The molecule has 18 heavy (non-hydrogen) atoms. The van der Waals surface area contributed by atoms with E-state index in [1.165, 1.54) is 19.2 Å². The average Bonchev–Trinajstić information content (AvgIpc) is 2.41. The van der Waals surface area contributed by atoms with Crippen LogP contribution in [0.3, 0.4) is 0 Å². The summed E-state index contributed by atoms with van der Waals surface area (Å²) < 4.78 is 17.8. The predicted molar refractivity (Wildman–Crippen MR) is 68.6 cm³/mol. The number of carbonyl (C=O) groups is 1. The molecule has 4 heteroatoms. The Kier molecular flexibility index (Phi) is 5.04. The molecule has 0 aromatic heterocycles. The molecule has 1 aromatic rings. The van der Waals surface area contributed by atoms with Crippen LogP contribution in [0.15, 0.2) is 36.9 Å². The summed E-state index contributed by atoms with van der Waals surface area (Å²) in [6.45, 7) is 5.95. The van der Waals surface area contributed by atoms with Gasteiger partial charge < -0.3 is 4.74 Å². The largest absolute Gasteiger partial charge is 0.467 e. The molecule has 1 atom stereocenters. The average molecular weight is 251 g/mol. The third-order valence-electron chi connectivity index (χ3n) is 2.95. The zero-order valence-corrected chi connectivity index (χ0v) is 10.7. The minimum Gasteiger partial charge on any atom is -0.467 e. The van der Waals surface area contributed by atoms with Gasteiger partial charge in [0.1, 0.15) is 11.4 Å². The van der Waals surface area contributed by atoms with Gasteiger partial charge in [0.2, 0.25) is 0 Å². The lowest BCUT2D eigenvalue weighted by molar-refractivity contribution is -0.149. The Hall–Kier alpha value is -1.68. The first-order valence-electron chi connectivity index (χ1n) is 5.81. The topological polar surface area (TPSA) is 38.3 Å². The van der Waals surface area contributed by atoms with E-state index in [1.54, 1.807) is 18.2 Å². The highest BCUT2D eigenvalue weighted by Crippen LogP contribution is 2.26. The molecule has 0 bridgehead atoms. The van der Waals surface area contributed by atoms with Gasteiger partial charge in [-0.1, -0.05) is 25.1 Å². The Morgan fingerprint density at radius 1 is 1.50 bits per heavy atom. The number of halogens is 1. The second kappa shape index (κ2) is 6.31. The van der Waals surface area contributed by atoms with E-state index in [9.17, 15) is 9.18 Å². The molecule has 1 aromatic carbocycles. The normalized spacial score (nSPS) is 13.7. The molecule has 0 radical (unpaired) electrons. The van der Waals surface area contributed by atoms with Gasteiger partial charge in [-0.2, -0.15) is 0 Å². The molecule has 0 aliphatic rings. The van der Waals surface area contributed by atoms with E-state index in [0.717, 1.165) is 0 Å². The van der Waals surface area contributed by atoms with Crippen molar-refractivity contribution in [3.63, 3.8) is 0 Å². The molecular weight excluding hydrogens is 233 g/mol. The van der Waals surface area contributed by atoms with E-state index in [1.807, 2.05) is 6.92 Å². The van der Waals surface area contributed by atoms with Gasteiger partial charge in [-0.3, -0.25) is 5.32 Å². The quantitative estimate of drug-likeness (QED) is 0.623. The molecule has 0 heterocycles. The van der Waals surface area contributed by atoms with Crippen LogP contribution < -0.4 is 5.32 Å². The Bertz CT molecular complexity index is 416. The molecule has 1 rings (SSSR count). The van der Waals surface area contributed by atoms with E-state index >= 15 is 0 Å². The number of hydrogen-bond acceptors (Lipinski definition) is 3. The molecule has 0 aliphatic heterocycles. The summed E-state index contributed by atoms with van der Waals surface area (Å²) in [5.74, 6) is -0.726. The minimum atomic E-state index is -0.962. The first kappa shape index (κ1) is 14.4. The monoisotopic (exact) mass is 251 g/mol. The molecule has 1 unspecified atom stereocenters. The summed E-state index contributed by atoms with van der Waals surface area (Å²) in [5.41, 5.74) is -0.281. The van der Waals surface area contributed by atoms with Crippen LogP contribution in [0, 0.1) is 5.82 Å². The van der Waals surface area contributed by atoms with Crippen LogP contribution in [0.5, 0.6) is 0 Å². The zero-order valence-electron chi connectivity index (χ0n) is 10.7. The Morgan fingerprint density at radius 2 is 2.11 bits per heavy atom. The van der Waals surface area contributed by atoms with Crippen molar-refractivity contribution in [2.24, 2.45) is 0 Å². The second-order valence-corrected chi connectivity index (χ2v) is 3.93. The summed E-state index contributed by atoms with van der Waals surface area (Å²) in [7, 11) is 1.34. The van der Waals surface area contributed by atoms with Crippen LogP contribution in [0.1, 0.15) is 18.9 Å². The Balaban J connectivity index is 3.19. The molecular formula is C14H18FNO2. The third-order valence-corrected chi connectivity index (χ3v) is 2.95. The fourth-order valence-corrected chi connectivity index (χ4v) is 1.92. The van der Waals surface area contributed by atoms with Gasteiger partial charge in [0.05, 0.1) is 7.11 Å². The summed E-state index contributed by atoms with van der Waals surface area (Å²) in [4.78, 5) is 12.0. The predicted octanol–water partition coefficient (Wildman–Crippen LogP) is 2.38. The van der Waals surface area contributed by atoms with Crippen LogP contribution in [0.25, 0.3) is 0 Å². The van der Waals surface area contributed by atoms with Gasteiger partial charge in [0.25, 0.3) is 0 Å². The number of methoxy groups -OCH3 is 1. The van der Waals surface area contributed by atoms with Crippen LogP contribution in [-0.4, -0.2) is 19.6 Å². The number of ether oxygens (including phenoxy) is 1. The highest BCUT2D eigenvalue weighted by atomic mass is 19.1. The van der Waals surface area contributed by atoms with Crippen molar-refractivity contribution >= 4 is 5.97 Å². The SMILES string of the molecule is C=CCNC(CC)(C(=O)OC)c1ccc(F)cc1. The Morgan fingerprint density at radius 3 is 2.56 bits per heavy atom. The van der Waals surface area contributed by atoms with E-state index in [2.05, 4.69) is 11.9 Å². The van der Waals surface area contributed by atoms with Crippen LogP contribution >= 0.6 is 0 Å². The van der Waals surface area contributed by atoms with Crippen molar-refractivity contribution < 1.29 is 13.9 Å². The van der Waals surface area contributed by atoms with Gasteiger partial charge in [-0.25, -0.2) is 9.18 Å². The number of rotatable bonds is 6. The first-order valence-corrected chi connectivity index (χ1v) is 5.81. The summed E-state index contributed by atoms with van der Waals surface area (Å²) in [6.07, 6.45) is 2.16. The zero-order chi connectivity index (χ0) is 13.6. The fraction of sp³-hybridized carbons (Fsp3) is 0.357. The first-order chi connectivity index (χ1) is 8.60. The fourth-order valence-electron chi connectivity index (χ4n) is 1.92. The van der Waals surface area contributed by atoms with Crippen LogP contribution in [0.2, 0.25) is 0 Å².